The molecule has 0 saturated heterocycles. The lowest BCUT2D eigenvalue weighted by Crippen LogP contribution is -2.31. The highest BCUT2D eigenvalue weighted by atomic mass is 79.9. The molecule has 0 saturated carbocycles. The molecular weight excluding hydrogens is 362 g/mol. The molecule has 2 N–H and O–H groups in total. The first-order valence-electron chi connectivity index (χ1n) is 6.30. The second-order valence-electron chi connectivity index (χ2n) is 4.41. The Morgan fingerprint density at radius 3 is 2.57 bits per heavy atom. The van der Waals surface area contributed by atoms with Crippen molar-refractivity contribution in [3.8, 4) is 0 Å². The number of carbonyl (C=O) groups is 2. The molecule has 1 aromatic rings. The van der Waals surface area contributed by atoms with E-state index < -0.39 is 27.5 Å². The average Bonchev–Trinajstić information content (AvgIpc) is 2.38. The van der Waals surface area contributed by atoms with Crippen LogP contribution in [0.15, 0.2) is 27.6 Å². The highest BCUT2D eigenvalue weighted by molar-refractivity contribution is 9.10. The predicted octanol–water partition coefficient (Wildman–Crippen LogP) is 1.84. The summed E-state index contributed by atoms with van der Waals surface area (Å²) in [6, 6.07) is 3.82. The lowest BCUT2D eigenvalue weighted by molar-refractivity contribution is -0.118. The number of hydrogen-bond donors (Lipinski definition) is 2. The fraction of sp³-hybridized carbons (Fsp3) is 0.385. The molecule has 1 rings (SSSR count). The molecule has 116 valence electrons. The summed E-state index contributed by atoms with van der Waals surface area (Å²) in [5.74, 6) is -2.76. The Morgan fingerprint density at radius 2 is 2.00 bits per heavy atom. The number of amides is 1. The third kappa shape index (κ3) is 5.13. The van der Waals surface area contributed by atoms with Crippen molar-refractivity contribution in [2.45, 2.75) is 24.7 Å². The highest BCUT2D eigenvalue weighted by Gasteiger charge is 2.25. The van der Waals surface area contributed by atoms with E-state index in [9.17, 15) is 18.0 Å². The van der Waals surface area contributed by atoms with Gasteiger partial charge in [-0.1, -0.05) is 29.3 Å². The molecular formula is C13H16BrNO5S. The van der Waals surface area contributed by atoms with Crippen LogP contribution in [0.5, 0.6) is 0 Å². The van der Waals surface area contributed by atoms with Gasteiger partial charge in [-0.25, -0.2) is 13.2 Å². The van der Waals surface area contributed by atoms with Gasteiger partial charge >= 0.3 is 5.97 Å². The van der Waals surface area contributed by atoms with Crippen molar-refractivity contribution in [2.24, 2.45) is 0 Å². The zero-order valence-electron chi connectivity index (χ0n) is 11.4. The van der Waals surface area contributed by atoms with E-state index >= 15 is 0 Å². The number of unbranched alkanes of at least 4 members (excludes halogenated alkanes) is 1. The molecule has 8 heteroatoms. The molecule has 6 nitrogen and oxygen atoms in total. The van der Waals surface area contributed by atoms with Gasteiger partial charge in [-0.15, -0.1) is 0 Å². The van der Waals surface area contributed by atoms with Crippen molar-refractivity contribution < 1.29 is 23.1 Å². The van der Waals surface area contributed by atoms with E-state index in [4.69, 9.17) is 5.11 Å². The first-order valence-corrected chi connectivity index (χ1v) is 8.74. The van der Waals surface area contributed by atoms with Crippen molar-refractivity contribution >= 4 is 37.6 Å². The second-order valence-corrected chi connectivity index (χ2v) is 7.28. The lowest BCUT2D eigenvalue weighted by atomic mass is 10.2. The molecule has 0 spiro atoms. The number of carboxylic acid groups (broad SMARTS) is 1. The van der Waals surface area contributed by atoms with Gasteiger partial charge in [-0.05, 0) is 24.6 Å². The molecule has 0 unspecified atom stereocenters. The van der Waals surface area contributed by atoms with E-state index in [1.165, 1.54) is 18.2 Å². The monoisotopic (exact) mass is 377 g/mol. The average molecular weight is 378 g/mol. The van der Waals surface area contributed by atoms with Crippen LogP contribution in [0.1, 0.15) is 30.1 Å². The first kappa shape index (κ1) is 17.6. The summed E-state index contributed by atoms with van der Waals surface area (Å²) in [5.41, 5.74) is -0.348. The summed E-state index contributed by atoms with van der Waals surface area (Å²) in [7, 11) is -4.02. The zero-order valence-corrected chi connectivity index (χ0v) is 13.8. The molecule has 0 bridgehead atoms. The van der Waals surface area contributed by atoms with Gasteiger partial charge in [0.1, 0.15) is 5.75 Å². The normalized spacial score (nSPS) is 11.1. The van der Waals surface area contributed by atoms with E-state index in [-0.39, 0.29) is 10.5 Å². The second kappa shape index (κ2) is 7.56. The maximum atomic E-state index is 12.2. The summed E-state index contributed by atoms with van der Waals surface area (Å²) in [6.07, 6.45) is 1.63. The van der Waals surface area contributed by atoms with E-state index in [0.717, 1.165) is 12.8 Å². The number of aromatic carboxylic acids is 1. The number of carboxylic acids is 1. The van der Waals surface area contributed by atoms with Gasteiger partial charge in [0.05, 0.1) is 10.5 Å². The molecule has 0 aliphatic carbocycles. The van der Waals surface area contributed by atoms with Crippen LogP contribution < -0.4 is 5.32 Å². The van der Waals surface area contributed by atoms with Crippen molar-refractivity contribution in [1.82, 2.24) is 5.32 Å². The van der Waals surface area contributed by atoms with Gasteiger partial charge < -0.3 is 10.4 Å². The van der Waals surface area contributed by atoms with Crippen molar-refractivity contribution in [1.29, 1.82) is 0 Å². The number of hydrogen-bond acceptors (Lipinski definition) is 4. The Balaban J connectivity index is 3.00. The van der Waals surface area contributed by atoms with E-state index in [2.05, 4.69) is 21.2 Å². The van der Waals surface area contributed by atoms with Crippen LogP contribution in [-0.2, 0) is 14.6 Å². The summed E-state index contributed by atoms with van der Waals surface area (Å²) < 4.78 is 24.8. The van der Waals surface area contributed by atoms with Gasteiger partial charge in [0.2, 0.25) is 5.91 Å². The minimum absolute atomic E-state index is 0.348. The molecule has 0 fully saturated rings. The van der Waals surface area contributed by atoms with Gasteiger partial charge in [-0.2, -0.15) is 0 Å². The van der Waals surface area contributed by atoms with Gasteiger partial charge in [0.25, 0.3) is 0 Å². The highest BCUT2D eigenvalue weighted by Crippen LogP contribution is 2.22. The zero-order chi connectivity index (χ0) is 16.0. The Hall–Kier alpha value is -1.41. The van der Waals surface area contributed by atoms with Gasteiger partial charge in [-0.3, -0.25) is 4.79 Å². The van der Waals surface area contributed by atoms with Crippen LogP contribution in [0.4, 0.5) is 0 Å². The summed E-state index contributed by atoms with van der Waals surface area (Å²) in [4.78, 5) is 22.4. The molecule has 0 heterocycles. The van der Waals surface area contributed by atoms with Crippen LogP contribution in [0.2, 0.25) is 0 Å². The molecule has 1 amide bonds. The summed E-state index contributed by atoms with van der Waals surface area (Å²) in [5, 5.41) is 11.5. The number of nitrogens with one attached hydrogen (secondary N) is 1. The van der Waals surface area contributed by atoms with E-state index in [0.29, 0.717) is 11.0 Å². The molecule has 0 radical (unpaired) electrons. The molecule has 0 aliphatic rings. The van der Waals surface area contributed by atoms with Crippen LogP contribution in [0, 0.1) is 0 Å². The first-order chi connectivity index (χ1) is 9.77. The van der Waals surface area contributed by atoms with Crippen molar-refractivity contribution in [3.63, 3.8) is 0 Å². The van der Waals surface area contributed by atoms with Crippen LogP contribution >= 0.6 is 15.9 Å². The predicted molar refractivity (Wildman–Crippen MR) is 81.1 cm³/mol. The van der Waals surface area contributed by atoms with E-state index in [1.54, 1.807) is 0 Å². The topological polar surface area (TPSA) is 101 Å². The minimum atomic E-state index is -4.02. The van der Waals surface area contributed by atoms with E-state index in [1.807, 2.05) is 6.92 Å². The SMILES string of the molecule is CCCCNC(=O)CS(=O)(=O)c1cc(Br)ccc1C(=O)O. The maximum absolute atomic E-state index is 12.2. The van der Waals surface area contributed by atoms with Crippen LogP contribution in [0.3, 0.4) is 0 Å². The summed E-state index contributed by atoms with van der Waals surface area (Å²) in [6.45, 7) is 2.35. The lowest BCUT2D eigenvalue weighted by Gasteiger charge is -2.09. The molecule has 21 heavy (non-hydrogen) atoms. The molecule has 0 aromatic heterocycles. The third-order valence-electron chi connectivity index (χ3n) is 2.68. The van der Waals surface area contributed by atoms with Crippen molar-refractivity contribution in [2.75, 3.05) is 12.3 Å². The Morgan fingerprint density at radius 1 is 1.33 bits per heavy atom. The summed E-state index contributed by atoms with van der Waals surface area (Å²) >= 11 is 3.10. The van der Waals surface area contributed by atoms with Crippen LogP contribution in [-0.4, -0.2) is 37.7 Å². The van der Waals surface area contributed by atoms with Crippen LogP contribution in [0.25, 0.3) is 0 Å². The molecule has 0 atom stereocenters. The number of sulfone groups is 1. The standard InChI is InChI=1S/C13H16BrNO5S/c1-2-3-6-15-12(16)8-21(19,20)11-7-9(14)4-5-10(11)13(17)18/h4-5,7H,2-3,6,8H2,1H3,(H,15,16)(H,17,18). The Kier molecular flexibility index (Phi) is 6.35. The number of halogens is 1. The van der Waals surface area contributed by atoms with Gasteiger partial charge in [0, 0.05) is 11.0 Å². The Bertz CT molecular complexity index is 642. The quantitative estimate of drug-likeness (QED) is 0.706. The minimum Gasteiger partial charge on any atom is -0.478 e. The smallest absolute Gasteiger partial charge is 0.337 e. The number of benzene rings is 1. The molecule has 1 aromatic carbocycles. The van der Waals surface area contributed by atoms with Gasteiger partial charge in [0.15, 0.2) is 9.84 Å². The Labute approximate surface area is 131 Å². The molecule has 0 aliphatic heterocycles. The fourth-order valence-corrected chi connectivity index (χ4v) is 3.55. The number of carbonyl (C=O) groups excluding carboxylic acids is 1. The van der Waals surface area contributed by atoms with Crippen molar-refractivity contribution in [3.05, 3.63) is 28.2 Å². The largest absolute Gasteiger partial charge is 0.478 e. The maximum Gasteiger partial charge on any atom is 0.337 e. The number of rotatable bonds is 7. The fourth-order valence-electron chi connectivity index (χ4n) is 1.64. The third-order valence-corrected chi connectivity index (χ3v) is 4.83.